The van der Waals surface area contributed by atoms with Gasteiger partial charge in [-0.1, -0.05) is 12.7 Å². The van der Waals surface area contributed by atoms with Crippen LogP contribution < -0.4 is 0 Å². The van der Waals surface area contributed by atoms with Crippen molar-refractivity contribution in [3.05, 3.63) is 12.7 Å². The fourth-order valence-corrected chi connectivity index (χ4v) is 0.512. The molecule has 0 aliphatic heterocycles. The van der Waals surface area contributed by atoms with E-state index in [0.717, 1.165) is 0 Å². The van der Waals surface area contributed by atoms with Crippen LogP contribution in [0.25, 0.3) is 0 Å². The van der Waals surface area contributed by atoms with Gasteiger partial charge in [0.05, 0.1) is 0 Å². The van der Waals surface area contributed by atoms with Gasteiger partial charge in [-0.2, -0.15) is 0 Å². The van der Waals surface area contributed by atoms with Crippen LogP contribution in [0.15, 0.2) is 12.7 Å². The molecule has 0 bridgehead atoms. The molecule has 2 heteroatoms. The highest BCUT2D eigenvalue weighted by Gasteiger charge is 1.71. The van der Waals surface area contributed by atoms with Crippen molar-refractivity contribution < 1.29 is 4.80 Å². The summed E-state index contributed by atoms with van der Waals surface area (Å²) < 4.78 is 0. The van der Waals surface area contributed by atoms with Crippen LogP contribution >= 0.6 is 0 Å². The Morgan fingerprint density at radius 3 is 2.33 bits per heavy atom. The average molecular weight is 100 g/mol. The molecule has 1 nitrogen and oxygen atoms in total. The zero-order valence-corrected chi connectivity index (χ0v) is 4.81. The topological polar surface area (TPSA) is 20.2 Å². The Hall–Kier alpha value is -0.373. The molecule has 0 aromatic rings. The van der Waals surface area contributed by atoms with Crippen molar-refractivity contribution in [2.75, 3.05) is 0 Å². The quantitative estimate of drug-likeness (QED) is 0.466. The molecule has 6 heavy (non-hydrogen) atoms. The van der Waals surface area contributed by atoms with Crippen LogP contribution in [0, 0.1) is 0 Å². The third kappa shape index (κ3) is 3.63. The number of allylic oxidation sites excluding steroid dienone is 1. The molecule has 0 rings (SSSR count). The van der Waals surface area contributed by atoms with Gasteiger partial charge in [-0.25, -0.2) is 0 Å². The molecule has 0 aliphatic carbocycles. The zero-order chi connectivity index (χ0) is 4.99. The van der Waals surface area contributed by atoms with Crippen LogP contribution in [-0.2, 0) is 0 Å². The van der Waals surface area contributed by atoms with Gasteiger partial charge in [-0.3, -0.25) is 0 Å². The van der Waals surface area contributed by atoms with E-state index in [2.05, 4.69) is 6.58 Å². The van der Waals surface area contributed by atoms with E-state index in [0.29, 0.717) is 0 Å². The van der Waals surface area contributed by atoms with E-state index in [4.69, 9.17) is 4.80 Å². The van der Waals surface area contributed by atoms with E-state index in [1.165, 1.54) is 0 Å². The standard InChI is InChI=1S/C4H8OSi/c1-3-4-6(2)5/h3-5H,1H2,2H3/b6-4+. The maximum Gasteiger partial charge on any atom is 0.225 e. The lowest BCUT2D eigenvalue weighted by molar-refractivity contribution is 0.604. The molecule has 0 unspecified atom stereocenters. The second kappa shape index (κ2) is 2.84. The summed E-state index contributed by atoms with van der Waals surface area (Å²) in [5, 5.41) is 0. The molecule has 0 heterocycles. The lowest BCUT2D eigenvalue weighted by Crippen LogP contribution is -1.92. The smallest absolute Gasteiger partial charge is 0.225 e. The summed E-state index contributed by atoms with van der Waals surface area (Å²) in [4.78, 5) is 8.53. The highest BCUT2D eigenvalue weighted by atomic mass is 28.3. The number of rotatable bonds is 1. The second-order valence-electron chi connectivity index (χ2n) is 1.04. The molecule has 34 valence electrons. The van der Waals surface area contributed by atoms with Crippen molar-refractivity contribution in [2.24, 2.45) is 0 Å². The molecule has 0 aliphatic rings. The number of hydrogen-bond acceptors (Lipinski definition) is 1. The van der Waals surface area contributed by atoms with Crippen LogP contribution in [-0.4, -0.2) is 19.1 Å². The van der Waals surface area contributed by atoms with E-state index in [9.17, 15) is 0 Å². The fourth-order valence-electron chi connectivity index (χ4n) is 0.171. The van der Waals surface area contributed by atoms with E-state index < -0.39 is 8.65 Å². The maximum atomic E-state index is 8.53. The third-order valence-corrected chi connectivity index (χ3v) is 1.08. The molecule has 0 aromatic carbocycles. The Bertz CT molecular complexity index is 71.6. The summed E-state index contributed by atoms with van der Waals surface area (Å²) in [7, 11) is -1.13. The van der Waals surface area contributed by atoms with Crippen LogP contribution in [0.3, 0.4) is 0 Å². The monoisotopic (exact) mass is 100 g/mol. The molecular formula is C4H8OSi. The highest BCUT2D eigenvalue weighted by Crippen LogP contribution is 1.54. The highest BCUT2D eigenvalue weighted by molar-refractivity contribution is 6.59. The molecule has 0 radical (unpaired) electrons. The molecule has 0 saturated carbocycles. The van der Waals surface area contributed by atoms with Gasteiger partial charge < -0.3 is 4.80 Å². The van der Waals surface area contributed by atoms with Crippen molar-refractivity contribution in [1.29, 1.82) is 0 Å². The van der Waals surface area contributed by atoms with Gasteiger partial charge in [0.2, 0.25) is 8.65 Å². The first kappa shape index (κ1) is 5.63. The van der Waals surface area contributed by atoms with E-state index in [-0.39, 0.29) is 0 Å². The maximum absolute atomic E-state index is 8.53. The zero-order valence-electron chi connectivity index (χ0n) is 3.81. The Balaban J connectivity index is 3.41. The first-order valence-electron chi connectivity index (χ1n) is 1.75. The van der Waals surface area contributed by atoms with Crippen molar-refractivity contribution >= 4 is 14.3 Å². The SMILES string of the molecule is C=C/C=[Si](\C)O. The summed E-state index contributed by atoms with van der Waals surface area (Å²) >= 11 is 0. The summed E-state index contributed by atoms with van der Waals surface area (Å²) in [5.74, 6) is 0. The minimum atomic E-state index is -1.13. The Morgan fingerprint density at radius 1 is 1.83 bits per heavy atom. The number of hydrogen-bond donors (Lipinski definition) is 1. The van der Waals surface area contributed by atoms with Crippen LogP contribution in [0.5, 0.6) is 0 Å². The van der Waals surface area contributed by atoms with Gasteiger partial charge in [-0.05, 0) is 12.2 Å². The molecule has 0 aromatic heterocycles. The predicted molar refractivity (Wildman–Crippen MR) is 30.1 cm³/mol. The normalized spacial score (nSPS) is 11.2. The summed E-state index contributed by atoms with van der Waals surface area (Å²) in [6.45, 7) is 5.19. The minimum Gasteiger partial charge on any atom is -0.566 e. The van der Waals surface area contributed by atoms with Gasteiger partial charge in [0, 0.05) is 0 Å². The van der Waals surface area contributed by atoms with Gasteiger partial charge in [0.25, 0.3) is 0 Å². The summed E-state index contributed by atoms with van der Waals surface area (Å²) in [6.07, 6.45) is 1.62. The fraction of sp³-hybridized carbons (Fsp3) is 0.250. The minimum absolute atomic E-state index is 1.13. The molecule has 0 fully saturated rings. The van der Waals surface area contributed by atoms with Crippen molar-refractivity contribution in [1.82, 2.24) is 0 Å². The first-order valence-corrected chi connectivity index (χ1v) is 3.78. The van der Waals surface area contributed by atoms with Crippen LogP contribution in [0.2, 0.25) is 6.55 Å². The predicted octanol–water partition coefficient (Wildman–Crippen LogP) is 0.170. The van der Waals surface area contributed by atoms with Crippen molar-refractivity contribution in [3.63, 3.8) is 0 Å². The third-order valence-electron chi connectivity index (χ3n) is 0.359. The van der Waals surface area contributed by atoms with Crippen LogP contribution in [0.1, 0.15) is 0 Å². The lowest BCUT2D eigenvalue weighted by Gasteiger charge is -1.73. The Morgan fingerprint density at radius 2 is 2.33 bits per heavy atom. The molecular weight excluding hydrogens is 92.1 g/mol. The molecule has 0 saturated heterocycles. The molecule has 0 amide bonds. The van der Waals surface area contributed by atoms with E-state index in [1.54, 1.807) is 18.3 Å². The van der Waals surface area contributed by atoms with E-state index >= 15 is 0 Å². The van der Waals surface area contributed by atoms with Gasteiger partial charge >= 0.3 is 0 Å². The average Bonchev–Trinajstić information content (AvgIpc) is 1.35. The van der Waals surface area contributed by atoms with E-state index in [1.807, 2.05) is 0 Å². The first-order chi connectivity index (χ1) is 2.77. The largest absolute Gasteiger partial charge is 0.566 e. The molecule has 0 atom stereocenters. The lowest BCUT2D eigenvalue weighted by atomic mass is 10.8. The Kier molecular flexibility index (Phi) is 2.67. The van der Waals surface area contributed by atoms with Crippen LogP contribution in [0.4, 0.5) is 0 Å². The molecule has 1 N–H and O–H groups in total. The van der Waals surface area contributed by atoms with Gasteiger partial charge in [-0.15, -0.1) is 0 Å². The Labute approximate surface area is 39.3 Å². The van der Waals surface area contributed by atoms with Crippen molar-refractivity contribution in [2.45, 2.75) is 6.55 Å². The second-order valence-corrected chi connectivity index (χ2v) is 2.66. The van der Waals surface area contributed by atoms with Crippen molar-refractivity contribution in [3.8, 4) is 0 Å². The van der Waals surface area contributed by atoms with Gasteiger partial charge in [0.1, 0.15) is 0 Å². The summed E-state index contributed by atoms with van der Waals surface area (Å²) in [5.41, 5.74) is 1.71. The van der Waals surface area contributed by atoms with Gasteiger partial charge in [0.15, 0.2) is 0 Å². The summed E-state index contributed by atoms with van der Waals surface area (Å²) in [6, 6.07) is 0. The molecule has 0 spiro atoms.